The molecular weight excluding hydrogens is 216 g/mol. The van der Waals surface area contributed by atoms with E-state index >= 15 is 0 Å². The fourth-order valence-corrected chi connectivity index (χ4v) is 2.22. The van der Waals surface area contributed by atoms with Crippen molar-refractivity contribution in [2.24, 2.45) is 11.7 Å². The Hall–Kier alpha value is -1.55. The highest BCUT2D eigenvalue weighted by Gasteiger charge is 2.29. The van der Waals surface area contributed by atoms with Gasteiger partial charge in [0.05, 0.1) is 7.11 Å². The van der Waals surface area contributed by atoms with Crippen molar-refractivity contribution in [3.05, 3.63) is 23.8 Å². The van der Waals surface area contributed by atoms with Gasteiger partial charge in [-0.15, -0.1) is 0 Å². The molecule has 0 saturated carbocycles. The van der Waals surface area contributed by atoms with E-state index in [0.717, 1.165) is 23.5 Å². The van der Waals surface area contributed by atoms with Gasteiger partial charge in [-0.3, -0.25) is 4.79 Å². The molecule has 1 fully saturated rings. The summed E-state index contributed by atoms with van der Waals surface area (Å²) >= 11 is 0. The van der Waals surface area contributed by atoms with Crippen molar-refractivity contribution in [1.82, 2.24) is 0 Å². The molecule has 1 aromatic rings. The second-order valence-electron chi connectivity index (χ2n) is 4.46. The van der Waals surface area contributed by atoms with Crippen molar-refractivity contribution in [2.45, 2.75) is 13.3 Å². The first kappa shape index (κ1) is 11.9. The van der Waals surface area contributed by atoms with Crippen LogP contribution in [0.3, 0.4) is 0 Å². The zero-order chi connectivity index (χ0) is 12.4. The van der Waals surface area contributed by atoms with E-state index in [-0.39, 0.29) is 11.8 Å². The maximum Gasteiger partial charge on any atom is 0.227 e. The molecule has 1 unspecified atom stereocenters. The lowest BCUT2D eigenvalue weighted by atomic mass is 10.1. The lowest BCUT2D eigenvalue weighted by Gasteiger charge is -2.18. The van der Waals surface area contributed by atoms with E-state index in [2.05, 4.69) is 0 Å². The van der Waals surface area contributed by atoms with Crippen LogP contribution in [0.2, 0.25) is 0 Å². The number of hydrogen-bond acceptors (Lipinski definition) is 3. The number of carbonyl (C=O) groups excluding carboxylic acids is 1. The summed E-state index contributed by atoms with van der Waals surface area (Å²) in [4.78, 5) is 13.7. The molecule has 1 aliphatic heterocycles. The fraction of sp³-hybridized carbons (Fsp3) is 0.462. The van der Waals surface area contributed by atoms with Crippen LogP contribution in [0, 0.1) is 12.8 Å². The molecule has 2 N–H and O–H groups in total. The number of ether oxygens (including phenoxy) is 1. The molecule has 1 heterocycles. The number of rotatable bonds is 3. The minimum atomic E-state index is 0.157. The summed E-state index contributed by atoms with van der Waals surface area (Å²) in [7, 11) is 1.65. The van der Waals surface area contributed by atoms with Gasteiger partial charge in [-0.1, -0.05) is 0 Å². The van der Waals surface area contributed by atoms with Gasteiger partial charge in [0.25, 0.3) is 0 Å². The Labute approximate surface area is 101 Å². The highest BCUT2D eigenvalue weighted by atomic mass is 16.5. The molecule has 0 spiro atoms. The number of carbonyl (C=O) groups is 1. The molecule has 0 aliphatic carbocycles. The van der Waals surface area contributed by atoms with Crippen LogP contribution >= 0.6 is 0 Å². The second kappa shape index (κ2) is 4.75. The predicted octanol–water partition coefficient (Wildman–Crippen LogP) is 1.32. The summed E-state index contributed by atoms with van der Waals surface area (Å²) in [5, 5.41) is 0. The third-order valence-electron chi connectivity index (χ3n) is 3.23. The molecule has 4 heteroatoms. The number of anilines is 1. The molecule has 1 aliphatic rings. The number of benzene rings is 1. The molecule has 1 atom stereocenters. The zero-order valence-corrected chi connectivity index (χ0v) is 10.3. The van der Waals surface area contributed by atoms with E-state index in [0.29, 0.717) is 13.0 Å². The summed E-state index contributed by atoms with van der Waals surface area (Å²) in [6, 6.07) is 5.80. The van der Waals surface area contributed by atoms with E-state index in [1.807, 2.05) is 30.0 Å². The highest BCUT2D eigenvalue weighted by Crippen LogP contribution is 2.28. The molecule has 0 aromatic heterocycles. The average Bonchev–Trinajstić information content (AvgIpc) is 2.70. The number of hydrogen-bond donors (Lipinski definition) is 1. The summed E-state index contributed by atoms with van der Waals surface area (Å²) in [5.74, 6) is 1.28. The van der Waals surface area contributed by atoms with Gasteiger partial charge in [0, 0.05) is 18.7 Å². The Morgan fingerprint density at radius 1 is 1.53 bits per heavy atom. The minimum absolute atomic E-state index is 0.157. The third-order valence-corrected chi connectivity index (χ3v) is 3.23. The molecular formula is C13H18N2O2. The van der Waals surface area contributed by atoms with Gasteiger partial charge in [0.2, 0.25) is 5.91 Å². The smallest absolute Gasteiger partial charge is 0.227 e. The lowest BCUT2D eigenvalue weighted by Crippen LogP contribution is -2.25. The van der Waals surface area contributed by atoms with Crippen LogP contribution in [0.4, 0.5) is 5.69 Å². The number of methoxy groups -OCH3 is 1. The molecule has 1 amide bonds. The Kier molecular flexibility index (Phi) is 3.33. The standard InChI is InChI=1S/C13H18N2O2/c1-9-5-11(3-4-12(9)17-2)15-8-10(7-14)6-13(15)16/h3-5,10H,6-8,14H2,1-2H3. The van der Waals surface area contributed by atoms with Gasteiger partial charge in [-0.2, -0.15) is 0 Å². The van der Waals surface area contributed by atoms with Gasteiger partial charge < -0.3 is 15.4 Å². The summed E-state index contributed by atoms with van der Waals surface area (Å²) in [5.41, 5.74) is 7.58. The average molecular weight is 234 g/mol. The van der Waals surface area contributed by atoms with Crippen molar-refractivity contribution in [3.63, 3.8) is 0 Å². The second-order valence-corrected chi connectivity index (χ2v) is 4.46. The Morgan fingerprint density at radius 3 is 2.82 bits per heavy atom. The Bertz CT molecular complexity index is 431. The normalized spacial score (nSPS) is 19.8. The zero-order valence-electron chi connectivity index (χ0n) is 10.3. The summed E-state index contributed by atoms with van der Waals surface area (Å²) in [6.07, 6.45) is 0.557. The Morgan fingerprint density at radius 2 is 2.29 bits per heavy atom. The molecule has 2 rings (SSSR count). The van der Waals surface area contributed by atoms with Gasteiger partial charge >= 0.3 is 0 Å². The molecule has 0 radical (unpaired) electrons. The number of aryl methyl sites for hydroxylation is 1. The van der Waals surface area contributed by atoms with Crippen molar-refractivity contribution in [1.29, 1.82) is 0 Å². The van der Waals surface area contributed by atoms with E-state index in [1.165, 1.54) is 0 Å². The van der Waals surface area contributed by atoms with Crippen molar-refractivity contribution >= 4 is 11.6 Å². The summed E-state index contributed by atoms with van der Waals surface area (Å²) < 4.78 is 5.21. The maximum atomic E-state index is 11.8. The van der Waals surface area contributed by atoms with E-state index in [9.17, 15) is 4.79 Å². The molecule has 92 valence electrons. The van der Waals surface area contributed by atoms with Gasteiger partial charge in [0.1, 0.15) is 5.75 Å². The number of nitrogens with two attached hydrogens (primary N) is 1. The van der Waals surface area contributed by atoms with Crippen LogP contribution in [0.5, 0.6) is 5.75 Å². The van der Waals surface area contributed by atoms with Crippen molar-refractivity contribution in [3.8, 4) is 5.75 Å². The Balaban J connectivity index is 2.23. The minimum Gasteiger partial charge on any atom is -0.496 e. The van der Waals surface area contributed by atoms with E-state index in [4.69, 9.17) is 10.5 Å². The van der Waals surface area contributed by atoms with Crippen molar-refractivity contribution < 1.29 is 9.53 Å². The summed E-state index contributed by atoms with van der Waals surface area (Å²) in [6.45, 7) is 3.27. The lowest BCUT2D eigenvalue weighted by molar-refractivity contribution is -0.117. The molecule has 17 heavy (non-hydrogen) atoms. The van der Waals surface area contributed by atoms with Gasteiger partial charge in [-0.05, 0) is 43.1 Å². The van der Waals surface area contributed by atoms with E-state index < -0.39 is 0 Å². The van der Waals surface area contributed by atoms with Gasteiger partial charge in [-0.25, -0.2) is 0 Å². The molecule has 1 saturated heterocycles. The first-order chi connectivity index (χ1) is 8.15. The topological polar surface area (TPSA) is 55.6 Å². The molecule has 4 nitrogen and oxygen atoms in total. The van der Waals surface area contributed by atoms with Crippen LogP contribution < -0.4 is 15.4 Å². The van der Waals surface area contributed by atoms with E-state index in [1.54, 1.807) is 7.11 Å². The predicted molar refractivity (Wildman–Crippen MR) is 67.2 cm³/mol. The third kappa shape index (κ3) is 2.26. The SMILES string of the molecule is COc1ccc(N2CC(CN)CC2=O)cc1C. The monoisotopic (exact) mass is 234 g/mol. The number of nitrogens with zero attached hydrogens (tertiary/aromatic N) is 1. The largest absolute Gasteiger partial charge is 0.496 e. The first-order valence-electron chi connectivity index (χ1n) is 5.80. The quantitative estimate of drug-likeness (QED) is 0.858. The van der Waals surface area contributed by atoms with Crippen LogP contribution in [0.15, 0.2) is 18.2 Å². The van der Waals surface area contributed by atoms with Crippen molar-refractivity contribution in [2.75, 3.05) is 25.1 Å². The highest BCUT2D eigenvalue weighted by molar-refractivity contribution is 5.95. The van der Waals surface area contributed by atoms with Crippen LogP contribution in [-0.4, -0.2) is 26.1 Å². The fourth-order valence-electron chi connectivity index (χ4n) is 2.22. The maximum absolute atomic E-state index is 11.8. The van der Waals surface area contributed by atoms with Crippen LogP contribution in [-0.2, 0) is 4.79 Å². The molecule has 0 bridgehead atoms. The first-order valence-corrected chi connectivity index (χ1v) is 5.80. The van der Waals surface area contributed by atoms with Crippen LogP contribution in [0.1, 0.15) is 12.0 Å². The van der Waals surface area contributed by atoms with Gasteiger partial charge in [0.15, 0.2) is 0 Å². The number of amides is 1. The molecule has 1 aromatic carbocycles. The van der Waals surface area contributed by atoms with Crippen LogP contribution in [0.25, 0.3) is 0 Å².